The summed E-state index contributed by atoms with van der Waals surface area (Å²) in [6, 6.07) is 5.27. The molecule has 3 aromatic rings. The Morgan fingerprint density at radius 3 is 2.71 bits per heavy atom. The van der Waals surface area contributed by atoms with Crippen molar-refractivity contribution in [3.63, 3.8) is 0 Å². The predicted molar refractivity (Wildman–Crippen MR) is 88.1 cm³/mol. The van der Waals surface area contributed by atoms with Crippen molar-refractivity contribution in [2.45, 2.75) is 6.10 Å². The summed E-state index contributed by atoms with van der Waals surface area (Å²) in [7, 11) is 3.13. The molecule has 3 rings (SSSR count). The summed E-state index contributed by atoms with van der Waals surface area (Å²) < 4.78 is 10.5. The van der Waals surface area contributed by atoms with Gasteiger partial charge in [-0.1, -0.05) is 0 Å². The highest BCUT2D eigenvalue weighted by molar-refractivity contribution is 5.81. The summed E-state index contributed by atoms with van der Waals surface area (Å²) >= 11 is 0. The average Bonchev–Trinajstić information content (AvgIpc) is 2.65. The molecule has 0 radical (unpaired) electrons. The zero-order valence-corrected chi connectivity index (χ0v) is 13.3. The van der Waals surface area contributed by atoms with Crippen molar-refractivity contribution in [3.05, 3.63) is 42.5 Å². The Bertz CT molecular complexity index is 838. The summed E-state index contributed by atoms with van der Waals surface area (Å²) in [5.74, 6) is 1.73. The molecule has 2 N–H and O–H groups in total. The van der Waals surface area contributed by atoms with Crippen LogP contribution in [0.4, 0.5) is 5.82 Å². The normalized spacial score (nSPS) is 12.0. The topological polar surface area (TPSA) is 102 Å². The Balaban J connectivity index is 1.81. The molecular formula is C16H17N5O3. The molecule has 8 nitrogen and oxygen atoms in total. The highest BCUT2D eigenvalue weighted by atomic mass is 16.5. The summed E-state index contributed by atoms with van der Waals surface area (Å²) in [4.78, 5) is 16.6. The lowest BCUT2D eigenvalue weighted by molar-refractivity contribution is 0.186. The van der Waals surface area contributed by atoms with Crippen LogP contribution in [0, 0.1) is 0 Å². The van der Waals surface area contributed by atoms with Crippen LogP contribution in [0.2, 0.25) is 0 Å². The number of nitrogens with one attached hydrogen (secondary N) is 1. The zero-order valence-electron chi connectivity index (χ0n) is 13.3. The number of ether oxygens (including phenoxy) is 2. The number of aliphatic hydroxyl groups excluding tert-OH is 1. The van der Waals surface area contributed by atoms with Gasteiger partial charge in [-0.15, -0.1) is 0 Å². The number of anilines is 1. The van der Waals surface area contributed by atoms with E-state index in [9.17, 15) is 5.11 Å². The van der Waals surface area contributed by atoms with E-state index in [-0.39, 0.29) is 6.54 Å². The molecule has 0 amide bonds. The molecule has 0 saturated carbocycles. The number of rotatable bonds is 6. The summed E-state index contributed by atoms with van der Waals surface area (Å²) in [5, 5.41) is 13.6. The molecule has 0 aliphatic rings. The highest BCUT2D eigenvalue weighted by Crippen LogP contribution is 2.29. The first kappa shape index (κ1) is 15.9. The molecule has 1 aromatic carbocycles. The zero-order chi connectivity index (χ0) is 16.9. The van der Waals surface area contributed by atoms with Gasteiger partial charge in [-0.25, -0.2) is 19.9 Å². The summed E-state index contributed by atoms with van der Waals surface area (Å²) in [5.41, 5.74) is 1.65. The standard InChI is InChI=1S/C16H17N5O3/c1-23-10-3-4-13(24-2)11(7-10)12(22)8-19-16-14-15(20-9-21-16)18-6-5-17-14/h3-7,9,12,22H,8H2,1-2H3,(H,18,19,20,21)/t12-/m0/s1. The first-order chi connectivity index (χ1) is 11.7. The van der Waals surface area contributed by atoms with Gasteiger partial charge in [-0.2, -0.15) is 0 Å². The Labute approximate surface area is 138 Å². The highest BCUT2D eigenvalue weighted by Gasteiger charge is 2.15. The summed E-state index contributed by atoms with van der Waals surface area (Å²) in [6.45, 7) is 0.214. The molecule has 1 atom stereocenters. The van der Waals surface area contributed by atoms with E-state index >= 15 is 0 Å². The number of hydrogen-bond acceptors (Lipinski definition) is 8. The molecule has 0 fully saturated rings. The van der Waals surface area contributed by atoms with E-state index in [4.69, 9.17) is 9.47 Å². The minimum absolute atomic E-state index is 0.214. The second-order valence-electron chi connectivity index (χ2n) is 4.96. The molecule has 124 valence electrons. The van der Waals surface area contributed by atoms with Crippen molar-refractivity contribution in [1.29, 1.82) is 0 Å². The quantitative estimate of drug-likeness (QED) is 0.703. The molecule has 8 heteroatoms. The van der Waals surface area contributed by atoms with Gasteiger partial charge in [0.2, 0.25) is 0 Å². The number of hydrogen-bond donors (Lipinski definition) is 2. The third-order valence-corrected chi connectivity index (χ3v) is 3.53. The fourth-order valence-electron chi connectivity index (χ4n) is 2.33. The van der Waals surface area contributed by atoms with Crippen molar-refractivity contribution in [3.8, 4) is 11.5 Å². The predicted octanol–water partition coefficient (Wildman–Crippen LogP) is 1.58. The second kappa shape index (κ2) is 7.05. The molecule has 2 aromatic heterocycles. The van der Waals surface area contributed by atoms with Crippen molar-refractivity contribution in [2.24, 2.45) is 0 Å². The molecule has 0 aliphatic heterocycles. The van der Waals surface area contributed by atoms with Gasteiger partial charge in [0, 0.05) is 24.5 Å². The molecule has 0 spiro atoms. The van der Waals surface area contributed by atoms with Gasteiger partial charge in [-0.3, -0.25) is 0 Å². The molecule has 0 unspecified atom stereocenters. The SMILES string of the molecule is COc1ccc(OC)c([C@@H](O)CNc2ncnc3nccnc23)c1. The van der Waals surface area contributed by atoms with Gasteiger partial charge in [-0.05, 0) is 18.2 Å². The third-order valence-electron chi connectivity index (χ3n) is 3.53. The van der Waals surface area contributed by atoms with Crippen LogP contribution in [0.25, 0.3) is 11.2 Å². The Hall–Kier alpha value is -3.00. The lowest BCUT2D eigenvalue weighted by atomic mass is 10.1. The van der Waals surface area contributed by atoms with E-state index in [0.717, 1.165) is 0 Å². The Kier molecular flexibility index (Phi) is 4.66. The molecular weight excluding hydrogens is 310 g/mol. The number of aromatic nitrogens is 4. The van der Waals surface area contributed by atoms with E-state index in [0.29, 0.717) is 34.0 Å². The van der Waals surface area contributed by atoms with Crippen molar-refractivity contribution >= 4 is 17.0 Å². The van der Waals surface area contributed by atoms with Gasteiger partial charge in [0.25, 0.3) is 0 Å². The fraction of sp³-hybridized carbons (Fsp3) is 0.250. The smallest absolute Gasteiger partial charge is 0.183 e. The van der Waals surface area contributed by atoms with E-state index in [1.54, 1.807) is 44.8 Å². The lowest BCUT2D eigenvalue weighted by Crippen LogP contribution is -2.14. The van der Waals surface area contributed by atoms with Gasteiger partial charge >= 0.3 is 0 Å². The Morgan fingerprint density at radius 2 is 1.92 bits per heavy atom. The monoisotopic (exact) mass is 327 g/mol. The van der Waals surface area contributed by atoms with Crippen molar-refractivity contribution in [1.82, 2.24) is 19.9 Å². The Morgan fingerprint density at radius 1 is 1.08 bits per heavy atom. The minimum atomic E-state index is -0.822. The van der Waals surface area contributed by atoms with E-state index in [1.165, 1.54) is 6.33 Å². The van der Waals surface area contributed by atoms with Crippen molar-refractivity contribution < 1.29 is 14.6 Å². The summed E-state index contributed by atoms with van der Waals surface area (Å²) in [6.07, 6.45) is 3.71. The molecule has 24 heavy (non-hydrogen) atoms. The number of nitrogens with zero attached hydrogens (tertiary/aromatic N) is 4. The maximum absolute atomic E-state index is 10.5. The van der Waals surface area contributed by atoms with E-state index in [1.807, 2.05) is 0 Å². The first-order valence-electron chi connectivity index (χ1n) is 7.28. The van der Waals surface area contributed by atoms with E-state index < -0.39 is 6.10 Å². The number of fused-ring (bicyclic) bond motifs is 1. The average molecular weight is 327 g/mol. The molecule has 0 aliphatic carbocycles. The fourth-order valence-corrected chi connectivity index (χ4v) is 2.33. The van der Waals surface area contributed by atoms with Crippen LogP contribution in [-0.2, 0) is 0 Å². The molecule has 0 saturated heterocycles. The van der Waals surface area contributed by atoms with Gasteiger partial charge in [0.05, 0.1) is 20.3 Å². The van der Waals surface area contributed by atoms with E-state index in [2.05, 4.69) is 25.3 Å². The van der Waals surface area contributed by atoms with Crippen molar-refractivity contribution in [2.75, 3.05) is 26.1 Å². The molecule has 2 heterocycles. The van der Waals surface area contributed by atoms with Crippen LogP contribution in [0.5, 0.6) is 11.5 Å². The minimum Gasteiger partial charge on any atom is -0.497 e. The van der Waals surface area contributed by atoms with Crippen LogP contribution >= 0.6 is 0 Å². The van der Waals surface area contributed by atoms with Crippen LogP contribution in [0.1, 0.15) is 11.7 Å². The van der Waals surface area contributed by atoms with Crippen LogP contribution in [0.3, 0.4) is 0 Å². The van der Waals surface area contributed by atoms with Gasteiger partial charge in [0.1, 0.15) is 23.3 Å². The largest absolute Gasteiger partial charge is 0.497 e. The third kappa shape index (κ3) is 3.18. The number of aliphatic hydroxyl groups is 1. The van der Waals surface area contributed by atoms with Crippen LogP contribution in [-0.4, -0.2) is 45.8 Å². The molecule has 0 bridgehead atoms. The number of methoxy groups -OCH3 is 2. The van der Waals surface area contributed by atoms with Crippen LogP contribution < -0.4 is 14.8 Å². The maximum Gasteiger partial charge on any atom is 0.183 e. The first-order valence-corrected chi connectivity index (χ1v) is 7.28. The van der Waals surface area contributed by atoms with Gasteiger partial charge in [0.15, 0.2) is 11.5 Å². The van der Waals surface area contributed by atoms with Gasteiger partial charge < -0.3 is 19.9 Å². The van der Waals surface area contributed by atoms with Crippen LogP contribution in [0.15, 0.2) is 36.9 Å². The number of benzene rings is 1. The maximum atomic E-state index is 10.5. The lowest BCUT2D eigenvalue weighted by Gasteiger charge is -2.17. The second-order valence-corrected chi connectivity index (χ2v) is 4.96.